The molecule has 27 heavy (non-hydrogen) atoms. The Kier molecular flexibility index (Phi) is 9.10. The highest BCUT2D eigenvalue weighted by Gasteiger charge is 2.31. The van der Waals surface area contributed by atoms with Crippen LogP contribution in [0.3, 0.4) is 0 Å². The Labute approximate surface area is 164 Å². The molecule has 2 rings (SSSR count). The number of benzene rings is 2. The van der Waals surface area contributed by atoms with Crippen LogP contribution in [-0.2, 0) is 10.2 Å². The number of carbonyl (C=O) groups is 1. The molecule has 0 atom stereocenters. The van der Waals surface area contributed by atoms with Crippen LogP contribution in [0.25, 0.3) is 0 Å². The Morgan fingerprint density at radius 3 is 1.63 bits per heavy atom. The van der Waals surface area contributed by atoms with Crippen molar-refractivity contribution in [2.24, 2.45) is 0 Å². The highest BCUT2D eigenvalue weighted by molar-refractivity contribution is 5.66. The van der Waals surface area contributed by atoms with Crippen molar-refractivity contribution >= 4 is 5.97 Å². The molecule has 0 amide bonds. The van der Waals surface area contributed by atoms with Gasteiger partial charge in [0, 0.05) is 11.8 Å². The summed E-state index contributed by atoms with van der Waals surface area (Å²) in [7, 11) is 0. The molecule has 2 nitrogen and oxygen atoms in total. The number of hydrogen-bond acceptors (Lipinski definition) is 1. The zero-order chi connectivity index (χ0) is 19.4. The molecule has 0 unspecified atom stereocenters. The van der Waals surface area contributed by atoms with E-state index < -0.39 is 5.97 Å². The van der Waals surface area contributed by atoms with Crippen LogP contribution in [0.5, 0.6) is 0 Å². The van der Waals surface area contributed by atoms with E-state index in [2.05, 4.69) is 67.6 Å². The Morgan fingerprint density at radius 1 is 0.741 bits per heavy atom. The van der Waals surface area contributed by atoms with E-state index >= 15 is 0 Å². The molecule has 0 aromatic heterocycles. The van der Waals surface area contributed by atoms with Gasteiger partial charge in [-0.15, -0.1) is 0 Å². The molecule has 0 saturated carbocycles. The van der Waals surface area contributed by atoms with Gasteiger partial charge >= 0.3 is 5.97 Å². The fourth-order valence-corrected chi connectivity index (χ4v) is 4.14. The standard InChI is InChI=1S/C25H34O2/c1-2-25(22-16-10-8-11-17-22,23-18-12-9-13-19-23)21-15-7-5-3-4-6-14-20-24(26)27/h8-13,16-19H,2-7,14-15,20-21H2,1H3,(H,26,27). The van der Waals surface area contributed by atoms with Gasteiger partial charge in [0.1, 0.15) is 0 Å². The highest BCUT2D eigenvalue weighted by atomic mass is 16.4. The van der Waals surface area contributed by atoms with Crippen molar-refractivity contribution < 1.29 is 9.90 Å². The SMILES string of the molecule is CCC(CCCCCCCCCC(=O)O)(c1ccccc1)c1ccccc1. The Balaban J connectivity index is 1.88. The maximum atomic E-state index is 10.5. The van der Waals surface area contributed by atoms with Crippen molar-refractivity contribution in [2.75, 3.05) is 0 Å². The monoisotopic (exact) mass is 366 g/mol. The molecular formula is C25H34O2. The normalized spacial score (nSPS) is 11.4. The first-order valence-electron chi connectivity index (χ1n) is 10.5. The van der Waals surface area contributed by atoms with E-state index in [1.165, 1.54) is 43.2 Å². The quantitative estimate of drug-likeness (QED) is 0.388. The number of carboxylic acids is 1. The molecule has 0 aliphatic heterocycles. The summed E-state index contributed by atoms with van der Waals surface area (Å²) in [6.45, 7) is 2.31. The Morgan fingerprint density at radius 2 is 1.19 bits per heavy atom. The predicted molar refractivity (Wildman–Crippen MR) is 113 cm³/mol. The van der Waals surface area contributed by atoms with Gasteiger partial charge in [-0.05, 0) is 30.4 Å². The lowest BCUT2D eigenvalue weighted by Crippen LogP contribution is -2.27. The van der Waals surface area contributed by atoms with Crippen LogP contribution in [0, 0.1) is 0 Å². The molecule has 146 valence electrons. The molecular weight excluding hydrogens is 332 g/mol. The summed E-state index contributed by atoms with van der Waals surface area (Å²) in [4.78, 5) is 10.5. The zero-order valence-electron chi connectivity index (χ0n) is 16.7. The topological polar surface area (TPSA) is 37.3 Å². The van der Waals surface area contributed by atoms with E-state index in [0.29, 0.717) is 6.42 Å². The Bertz CT molecular complexity index is 609. The summed E-state index contributed by atoms with van der Waals surface area (Å²) >= 11 is 0. The lowest BCUT2D eigenvalue weighted by atomic mass is 9.69. The van der Waals surface area contributed by atoms with Crippen LogP contribution < -0.4 is 0 Å². The second-order valence-electron chi connectivity index (χ2n) is 7.54. The van der Waals surface area contributed by atoms with Crippen molar-refractivity contribution in [3.05, 3.63) is 71.8 Å². The molecule has 2 aromatic carbocycles. The van der Waals surface area contributed by atoms with Crippen LogP contribution in [0.15, 0.2) is 60.7 Å². The number of hydrogen-bond donors (Lipinski definition) is 1. The summed E-state index contributed by atoms with van der Waals surface area (Å²) in [5.41, 5.74) is 2.95. The molecule has 0 radical (unpaired) electrons. The van der Waals surface area contributed by atoms with E-state index in [0.717, 1.165) is 25.7 Å². The molecule has 0 bridgehead atoms. The first kappa shape index (κ1) is 21.2. The van der Waals surface area contributed by atoms with Crippen LogP contribution in [0.2, 0.25) is 0 Å². The van der Waals surface area contributed by atoms with Crippen molar-refractivity contribution in [1.29, 1.82) is 0 Å². The molecule has 0 fully saturated rings. The number of aliphatic carboxylic acids is 1. The maximum Gasteiger partial charge on any atom is 0.303 e. The van der Waals surface area contributed by atoms with E-state index in [1.807, 2.05) is 0 Å². The molecule has 0 saturated heterocycles. The number of rotatable bonds is 13. The lowest BCUT2D eigenvalue weighted by Gasteiger charge is -2.34. The van der Waals surface area contributed by atoms with Gasteiger partial charge in [0.05, 0.1) is 0 Å². The van der Waals surface area contributed by atoms with Gasteiger partial charge in [-0.3, -0.25) is 4.79 Å². The van der Waals surface area contributed by atoms with Crippen molar-refractivity contribution in [1.82, 2.24) is 0 Å². The maximum absolute atomic E-state index is 10.5. The number of unbranched alkanes of at least 4 members (excludes halogenated alkanes) is 6. The van der Waals surface area contributed by atoms with E-state index in [-0.39, 0.29) is 5.41 Å². The second-order valence-corrected chi connectivity index (χ2v) is 7.54. The molecule has 2 heteroatoms. The minimum atomic E-state index is -0.673. The third-order valence-corrected chi connectivity index (χ3v) is 5.75. The molecule has 0 heterocycles. The fraction of sp³-hybridized carbons (Fsp3) is 0.480. The van der Waals surface area contributed by atoms with Gasteiger partial charge in [0.15, 0.2) is 0 Å². The van der Waals surface area contributed by atoms with Crippen LogP contribution in [0.1, 0.15) is 82.3 Å². The Hall–Kier alpha value is -2.09. The minimum Gasteiger partial charge on any atom is -0.481 e. The molecule has 2 aromatic rings. The van der Waals surface area contributed by atoms with Gasteiger partial charge in [-0.1, -0.05) is 106 Å². The summed E-state index contributed by atoms with van der Waals surface area (Å²) in [6.07, 6.45) is 10.6. The van der Waals surface area contributed by atoms with Gasteiger partial charge in [-0.25, -0.2) is 0 Å². The van der Waals surface area contributed by atoms with Crippen molar-refractivity contribution in [3.63, 3.8) is 0 Å². The van der Waals surface area contributed by atoms with Gasteiger partial charge in [-0.2, -0.15) is 0 Å². The van der Waals surface area contributed by atoms with Crippen molar-refractivity contribution in [3.8, 4) is 0 Å². The first-order valence-corrected chi connectivity index (χ1v) is 10.5. The van der Waals surface area contributed by atoms with Crippen LogP contribution in [0.4, 0.5) is 0 Å². The smallest absolute Gasteiger partial charge is 0.303 e. The summed E-state index contributed by atoms with van der Waals surface area (Å²) in [5, 5.41) is 8.67. The van der Waals surface area contributed by atoms with E-state index in [1.54, 1.807) is 0 Å². The summed E-state index contributed by atoms with van der Waals surface area (Å²) in [6, 6.07) is 21.9. The zero-order valence-corrected chi connectivity index (χ0v) is 16.7. The van der Waals surface area contributed by atoms with Crippen LogP contribution >= 0.6 is 0 Å². The number of carboxylic acid groups (broad SMARTS) is 1. The molecule has 1 N–H and O–H groups in total. The summed E-state index contributed by atoms with van der Waals surface area (Å²) in [5.74, 6) is -0.673. The molecule has 0 aliphatic rings. The first-order chi connectivity index (χ1) is 13.2. The second kappa shape index (κ2) is 11.6. The largest absolute Gasteiger partial charge is 0.481 e. The third kappa shape index (κ3) is 6.53. The van der Waals surface area contributed by atoms with E-state index in [9.17, 15) is 4.79 Å². The van der Waals surface area contributed by atoms with Gasteiger partial charge in [0.2, 0.25) is 0 Å². The van der Waals surface area contributed by atoms with Gasteiger partial charge < -0.3 is 5.11 Å². The molecule has 0 aliphatic carbocycles. The lowest BCUT2D eigenvalue weighted by molar-refractivity contribution is -0.137. The summed E-state index contributed by atoms with van der Waals surface area (Å²) < 4.78 is 0. The minimum absolute atomic E-state index is 0.101. The fourth-order valence-electron chi connectivity index (χ4n) is 4.14. The average molecular weight is 367 g/mol. The average Bonchev–Trinajstić information content (AvgIpc) is 2.71. The van der Waals surface area contributed by atoms with Gasteiger partial charge in [0.25, 0.3) is 0 Å². The third-order valence-electron chi connectivity index (χ3n) is 5.75. The van der Waals surface area contributed by atoms with Crippen molar-refractivity contribution in [2.45, 2.75) is 76.5 Å². The van der Waals surface area contributed by atoms with Crippen LogP contribution in [-0.4, -0.2) is 11.1 Å². The highest BCUT2D eigenvalue weighted by Crippen LogP contribution is 2.40. The molecule has 0 spiro atoms. The van der Waals surface area contributed by atoms with E-state index in [4.69, 9.17) is 5.11 Å². The predicted octanol–water partition coefficient (Wildman–Crippen LogP) is 6.98.